The molecule has 0 radical (unpaired) electrons. The SMILES string of the molecule is C#CC/C(Cl)=C\C.C=C(C)C(=O)n1c(C)c(CC(=O)O)c2cc(OC)ccc21. The van der Waals surface area contributed by atoms with Crippen molar-refractivity contribution in [3.63, 3.8) is 0 Å². The van der Waals surface area contributed by atoms with Crippen LogP contribution in [0.5, 0.6) is 5.75 Å². The number of nitrogens with zero attached hydrogens (tertiary/aromatic N) is 1. The molecule has 0 atom stereocenters. The summed E-state index contributed by atoms with van der Waals surface area (Å²) in [7, 11) is 1.54. The molecule has 0 spiro atoms. The van der Waals surface area contributed by atoms with Crippen LogP contribution in [0.3, 0.4) is 0 Å². The Morgan fingerprint density at radius 2 is 2.07 bits per heavy atom. The zero-order valence-electron chi connectivity index (χ0n) is 16.5. The highest BCUT2D eigenvalue weighted by atomic mass is 35.5. The van der Waals surface area contributed by atoms with E-state index in [0.717, 1.165) is 5.03 Å². The van der Waals surface area contributed by atoms with Crippen LogP contribution in [0.1, 0.15) is 36.3 Å². The maximum absolute atomic E-state index is 12.3. The van der Waals surface area contributed by atoms with Crippen LogP contribution in [0, 0.1) is 19.3 Å². The molecule has 148 valence electrons. The highest BCUT2D eigenvalue weighted by molar-refractivity contribution is 6.29. The van der Waals surface area contributed by atoms with Gasteiger partial charge in [0.2, 0.25) is 0 Å². The maximum Gasteiger partial charge on any atom is 0.307 e. The van der Waals surface area contributed by atoms with Gasteiger partial charge in [-0.15, -0.1) is 12.3 Å². The molecule has 1 heterocycles. The topological polar surface area (TPSA) is 68.5 Å². The van der Waals surface area contributed by atoms with Crippen molar-refractivity contribution in [2.75, 3.05) is 7.11 Å². The summed E-state index contributed by atoms with van der Waals surface area (Å²) >= 11 is 5.48. The van der Waals surface area contributed by atoms with Crippen LogP contribution in [0.4, 0.5) is 0 Å². The van der Waals surface area contributed by atoms with Crippen molar-refractivity contribution in [1.29, 1.82) is 0 Å². The third-order valence-electron chi connectivity index (χ3n) is 4.02. The predicted molar refractivity (Wildman–Crippen MR) is 113 cm³/mol. The van der Waals surface area contributed by atoms with Crippen LogP contribution in [-0.2, 0) is 11.2 Å². The number of carboxylic acid groups (broad SMARTS) is 1. The number of halogens is 1. The number of methoxy groups -OCH3 is 1. The van der Waals surface area contributed by atoms with E-state index < -0.39 is 5.97 Å². The second kappa shape index (κ2) is 10.4. The number of terminal acetylenes is 1. The van der Waals surface area contributed by atoms with Gasteiger partial charge in [0.15, 0.2) is 0 Å². The predicted octanol–water partition coefficient (Wildman–Crippen LogP) is 4.95. The first kappa shape index (κ1) is 23.1. The van der Waals surface area contributed by atoms with Gasteiger partial charge in [-0.3, -0.25) is 14.2 Å². The molecule has 0 aliphatic carbocycles. The zero-order chi connectivity index (χ0) is 21.4. The largest absolute Gasteiger partial charge is 0.497 e. The molecule has 0 unspecified atom stereocenters. The first-order chi connectivity index (χ1) is 13.2. The average molecular weight is 402 g/mol. The molecule has 2 rings (SSSR count). The lowest BCUT2D eigenvalue weighted by Gasteiger charge is -2.06. The van der Waals surface area contributed by atoms with Gasteiger partial charge in [-0.25, -0.2) is 0 Å². The van der Waals surface area contributed by atoms with Gasteiger partial charge in [0.25, 0.3) is 5.91 Å². The monoisotopic (exact) mass is 401 g/mol. The van der Waals surface area contributed by atoms with Gasteiger partial charge in [0, 0.05) is 28.1 Å². The van der Waals surface area contributed by atoms with Crippen molar-refractivity contribution < 1.29 is 19.4 Å². The van der Waals surface area contributed by atoms with E-state index in [1.807, 2.05) is 6.92 Å². The van der Waals surface area contributed by atoms with E-state index in [-0.39, 0.29) is 12.3 Å². The number of hydrogen-bond donors (Lipinski definition) is 1. The van der Waals surface area contributed by atoms with Crippen molar-refractivity contribution in [3.8, 4) is 18.1 Å². The van der Waals surface area contributed by atoms with E-state index in [2.05, 4.69) is 12.5 Å². The number of aliphatic carboxylic acids is 1. The minimum absolute atomic E-state index is 0.147. The molecule has 0 amide bonds. The Kier molecular flexibility index (Phi) is 8.56. The molecule has 0 saturated heterocycles. The highest BCUT2D eigenvalue weighted by Crippen LogP contribution is 2.30. The van der Waals surface area contributed by atoms with Crippen molar-refractivity contribution in [2.24, 2.45) is 0 Å². The lowest BCUT2D eigenvalue weighted by atomic mass is 10.1. The summed E-state index contributed by atoms with van der Waals surface area (Å²) in [5.74, 6) is 1.86. The van der Waals surface area contributed by atoms with E-state index in [9.17, 15) is 9.59 Å². The number of carbonyl (C=O) groups excluding carboxylic acids is 1. The molecule has 1 aromatic heterocycles. The smallest absolute Gasteiger partial charge is 0.307 e. The van der Waals surface area contributed by atoms with Gasteiger partial charge in [-0.2, -0.15) is 0 Å². The molecule has 5 nitrogen and oxygen atoms in total. The van der Waals surface area contributed by atoms with Crippen LogP contribution in [0.2, 0.25) is 0 Å². The van der Waals surface area contributed by atoms with Crippen LogP contribution in [0.15, 0.2) is 41.5 Å². The molecule has 6 heteroatoms. The Bertz CT molecular complexity index is 977. The van der Waals surface area contributed by atoms with E-state index in [4.69, 9.17) is 27.9 Å². The fourth-order valence-electron chi connectivity index (χ4n) is 2.62. The number of allylic oxidation sites excluding steroid dienone is 3. The van der Waals surface area contributed by atoms with E-state index >= 15 is 0 Å². The summed E-state index contributed by atoms with van der Waals surface area (Å²) in [4.78, 5) is 23.4. The van der Waals surface area contributed by atoms with Gasteiger partial charge >= 0.3 is 5.97 Å². The van der Waals surface area contributed by atoms with E-state index in [1.54, 1.807) is 45.2 Å². The Morgan fingerprint density at radius 1 is 1.43 bits per heavy atom. The lowest BCUT2D eigenvalue weighted by Crippen LogP contribution is -2.13. The Balaban J connectivity index is 0.000000480. The number of aromatic nitrogens is 1. The van der Waals surface area contributed by atoms with Crippen LogP contribution < -0.4 is 4.74 Å². The summed E-state index contributed by atoms with van der Waals surface area (Å²) in [6.07, 6.45) is 7.13. The van der Waals surface area contributed by atoms with Crippen molar-refractivity contribution in [3.05, 3.63) is 52.7 Å². The second-order valence-corrected chi connectivity index (χ2v) is 6.54. The zero-order valence-corrected chi connectivity index (χ0v) is 17.3. The van der Waals surface area contributed by atoms with E-state index in [0.29, 0.717) is 39.9 Å². The summed E-state index contributed by atoms with van der Waals surface area (Å²) in [5, 5.41) is 10.5. The Hall–Kier alpha value is -2.97. The molecule has 0 aliphatic heterocycles. The highest BCUT2D eigenvalue weighted by Gasteiger charge is 2.20. The van der Waals surface area contributed by atoms with Crippen LogP contribution in [-0.4, -0.2) is 28.7 Å². The summed E-state index contributed by atoms with van der Waals surface area (Å²) in [5.41, 5.74) is 2.30. The molecule has 2 aromatic rings. The van der Waals surface area contributed by atoms with Crippen molar-refractivity contribution in [2.45, 2.75) is 33.6 Å². The summed E-state index contributed by atoms with van der Waals surface area (Å²) in [6.45, 7) is 8.91. The molecule has 0 aliphatic rings. The molecule has 0 fully saturated rings. The van der Waals surface area contributed by atoms with Gasteiger partial charge in [0.1, 0.15) is 5.75 Å². The molecule has 0 bridgehead atoms. The standard InChI is InChI=1S/C16H17NO4.C6H7Cl/c1-9(2)16(20)17-10(3)12(8-15(18)19)13-7-11(21-4)5-6-14(13)17;1-3-5-6(7)4-2/h5-7H,1,8H2,2-4H3,(H,18,19);1,4H,5H2,2H3/b;6-4+. The fourth-order valence-corrected chi connectivity index (χ4v) is 2.69. The maximum atomic E-state index is 12.3. The summed E-state index contributed by atoms with van der Waals surface area (Å²) in [6, 6.07) is 5.25. The second-order valence-electron chi connectivity index (χ2n) is 6.05. The minimum Gasteiger partial charge on any atom is -0.497 e. The lowest BCUT2D eigenvalue weighted by molar-refractivity contribution is -0.136. The van der Waals surface area contributed by atoms with Crippen molar-refractivity contribution in [1.82, 2.24) is 4.57 Å². The van der Waals surface area contributed by atoms with Gasteiger partial charge < -0.3 is 9.84 Å². The molecular formula is C22H24ClNO4. The normalized spacial score (nSPS) is 10.6. The molecule has 1 aromatic carbocycles. The van der Waals surface area contributed by atoms with Crippen LogP contribution >= 0.6 is 11.6 Å². The molecule has 1 N–H and O–H groups in total. The number of rotatable bonds is 5. The molecular weight excluding hydrogens is 378 g/mol. The van der Waals surface area contributed by atoms with E-state index in [1.165, 1.54) is 4.57 Å². The minimum atomic E-state index is -0.942. The number of carboxylic acids is 1. The third-order valence-corrected chi connectivity index (χ3v) is 4.37. The summed E-state index contributed by atoms with van der Waals surface area (Å²) < 4.78 is 6.69. The first-order valence-corrected chi connectivity index (χ1v) is 8.89. The van der Waals surface area contributed by atoms with Crippen LogP contribution in [0.25, 0.3) is 10.9 Å². The first-order valence-electron chi connectivity index (χ1n) is 8.51. The molecule has 28 heavy (non-hydrogen) atoms. The number of fused-ring (bicyclic) bond motifs is 1. The molecule has 0 saturated carbocycles. The van der Waals surface area contributed by atoms with Crippen molar-refractivity contribution >= 4 is 34.4 Å². The quantitative estimate of drug-likeness (QED) is 0.568. The fraction of sp³-hybridized carbons (Fsp3) is 0.273. The number of ether oxygens (including phenoxy) is 1. The Labute approximate surface area is 170 Å². The van der Waals surface area contributed by atoms with Gasteiger partial charge in [-0.1, -0.05) is 24.3 Å². The third kappa shape index (κ3) is 5.51. The van der Waals surface area contributed by atoms with Gasteiger partial charge in [0.05, 0.1) is 19.0 Å². The number of benzene rings is 1. The Morgan fingerprint density at radius 3 is 2.50 bits per heavy atom. The number of carbonyl (C=O) groups is 2. The van der Waals surface area contributed by atoms with Gasteiger partial charge in [-0.05, 0) is 44.5 Å². The number of hydrogen-bond acceptors (Lipinski definition) is 3. The average Bonchev–Trinajstić information content (AvgIpc) is 2.92.